The zero-order valence-corrected chi connectivity index (χ0v) is 9.90. The highest BCUT2D eigenvalue weighted by Gasteiger charge is 2.05. The highest BCUT2D eigenvalue weighted by atomic mass is 16.2. The molecule has 17 heavy (non-hydrogen) atoms. The fourth-order valence-electron chi connectivity index (χ4n) is 1.35. The van der Waals surface area contributed by atoms with Gasteiger partial charge in [-0.1, -0.05) is 0 Å². The molecule has 0 fully saturated rings. The number of rotatable bonds is 5. The van der Waals surface area contributed by atoms with Crippen LogP contribution in [0.3, 0.4) is 0 Å². The van der Waals surface area contributed by atoms with Crippen molar-refractivity contribution in [1.82, 2.24) is 9.88 Å². The van der Waals surface area contributed by atoms with E-state index in [1.54, 1.807) is 19.3 Å². The van der Waals surface area contributed by atoms with E-state index in [4.69, 9.17) is 6.42 Å². The molecular weight excluding hydrogens is 216 g/mol. The van der Waals surface area contributed by atoms with Crippen molar-refractivity contribution < 1.29 is 4.79 Å². The summed E-state index contributed by atoms with van der Waals surface area (Å²) in [6.07, 6.45) is 9.17. The zero-order valence-electron chi connectivity index (χ0n) is 9.90. The van der Waals surface area contributed by atoms with Gasteiger partial charge in [-0.3, -0.25) is 9.59 Å². The molecule has 0 bridgehead atoms. The molecule has 0 atom stereocenters. The Morgan fingerprint density at radius 3 is 2.94 bits per heavy atom. The van der Waals surface area contributed by atoms with Gasteiger partial charge >= 0.3 is 0 Å². The minimum atomic E-state index is -0.219. The van der Waals surface area contributed by atoms with Crippen LogP contribution in [0.25, 0.3) is 0 Å². The number of hydrogen-bond acceptors (Lipinski definition) is 2. The lowest BCUT2D eigenvalue weighted by Crippen LogP contribution is -2.26. The summed E-state index contributed by atoms with van der Waals surface area (Å²) in [4.78, 5) is 23.0. The first-order chi connectivity index (χ1) is 8.15. The van der Waals surface area contributed by atoms with Crippen LogP contribution in [0, 0.1) is 12.3 Å². The van der Waals surface area contributed by atoms with Gasteiger partial charge in [0.1, 0.15) is 0 Å². The molecule has 0 radical (unpaired) electrons. The molecule has 90 valence electrons. The van der Waals surface area contributed by atoms with E-state index in [0.29, 0.717) is 12.1 Å². The van der Waals surface area contributed by atoms with Crippen LogP contribution in [-0.2, 0) is 7.05 Å². The fraction of sp³-hybridized carbons (Fsp3) is 0.385. The van der Waals surface area contributed by atoms with Crippen molar-refractivity contribution in [3.63, 3.8) is 0 Å². The summed E-state index contributed by atoms with van der Waals surface area (Å²) in [5, 5.41) is 2.75. The molecule has 0 unspecified atom stereocenters. The topological polar surface area (TPSA) is 51.1 Å². The van der Waals surface area contributed by atoms with E-state index >= 15 is 0 Å². The molecule has 4 nitrogen and oxygen atoms in total. The van der Waals surface area contributed by atoms with Crippen LogP contribution in [0.5, 0.6) is 0 Å². The molecule has 1 aromatic heterocycles. The molecule has 0 spiro atoms. The smallest absolute Gasteiger partial charge is 0.251 e. The highest BCUT2D eigenvalue weighted by molar-refractivity contribution is 5.93. The van der Waals surface area contributed by atoms with Gasteiger partial charge in [-0.15, -0.1) is 12.3 Å². The van der Waals surface area contributed by atoms with Crippen molar-refractivity contribution in [1.29, 1.82) is 0 Å². The predicted octanol–water partition coefficient (Wildman–Crippen LogP) is 0.919. The van der Waals surface area contributed by atoms with Crippen molar-refractivity contribution in [2.24, 2.45) is 7.05 Å². The lowest BCUT2D eigenvalue weighted by atomic mass is 10.2. The normalized spacial score (nSPS) is 9.65. The minimum absolute atomic E-state index is 0.190. The highest BCUT2D eigenvalue weighted by Crippen LogP contribution is 1.96. The molecule has 0 saturated heterocycles. The first kappa shape index (κ1) is 13.0. The number of pyridine rings is 1. The van der Waals surface area contributed by atoms with Crippen LogP contribution >= 0.6 is 0 Å². The number of amides is 1. The van der Waals surface area contributed by atoms with Gasteiger partial charge in [0.25, 0.3) is 11.5 Å². The Kier molecular flexibility index (Phi) is 5.02. The van der Waals surface area contributed by atoms with E-state index in [0.717, 1.165) is 19.3 Å². The first-order valence-electron chi connectivity index (χ1n) is 5.53. The quantitative estimate of drug-likeness (QED) is 0.606. The summed E-state index contributed by atoms with van der Waals surface area (Å²) in [7, 11) is 1.64. The number of nitrogens with one attached hydrogen (secondary N) is 1. The monoisotopic (exact) mass is 232 g/mol. The summed E-state index contributed by atoms with van der Waals surface area (Å²) < 4.78 is 1.42. The molecule has 1 aromatic rings. The second-order valence-electron chi connectivity index (χ2n) is 3.78. The third-order valence-corrected chi connectivity index (χ3v) is 2.40. The van der Waals surface area contributed by atoms with Crippen molar-refractivity contribution in [2.75, 3.05) is 6.54 Å². The van der Waals surface area contributed by atoms with Crippen molar-refractivity contribution >= 4 is 5.91 Å². The average Bonchev–Trinajstić information content (AvgIpc) is 2.32. The van der Waals surface area contributed by atoms with Crippen molar-refractivity contribution in [2.45, 2.75) is 19.3 Å². The van der Waals surface area contributed by atoms with Crippen LogP contribution < -0.4 is 10.9 Å². The number of carbonyl (C=O) groups is 1. The number of hydrogen-bond donors (Lipinski definition) is 1. The van der Waals surface area contributed by atoms with Crippen LogP contribution in [0.4, 0.5) is 0 Å². The summed E-state index contributed by atoms with van der Waals surface area (Å²) >= 11 is 0. The van der Waals surface area contributed by atoms with E-state index < -0.39 is 0 Å². The largest absolute Gasteiger partial charge is 0.352 e. The molecule has 4 heteroatoms. The lowest BCUT2D eigenvalue weighted by Gasteiger charge is -2.04. The number of unbranched alkanes of at least 4 members (excludes halogenated alkanes) is 2. The molecule has 1 N–H and O–H groups in total. The molecular formula is C13H16N2O2. The Labute approximate surface area is 101 Å². The molecule has 1 heterocycles. The SMILES string of the molecule is C#CCCCCNC(=O)c1ccn(C)c(=O)c1. The number of terminal acetylenes is 1. The van der Waals surface area contributed by atoms with Gasteiger partial charge in [0, 0.05) is 37.8 Å². The first-order valence-corrected chi connectivity index (χ1v) is 5.53. The summed E-state index contributed by atoms with van der Waals surface area (Å²) in [5.74, 6) is 2.33. The number of carbonyl (C=O) groups excluding carboxylic acids is 1. The minimum Gasteiger partial charge on any atom is -0.352 e. The third-order valence-electron chi connectivity index (χ3n) is 2.40. The molecule has 0 aliphatic rings. The summed E-state index contributed by atoms with van der Waals surface area (Å²) in [6, 6.07) is 2.95. The average molecular weight is 232 g/mol. The Morgan fingerprint density at radius 1 is 1.53 bits per heavy atom. The summed E-state index contributed by atoms with van der Waals surface area (Å²) in [6.45, 7) is 0.579. The van der Waals surface area contributed by atoms with Gasteiger partial charge in [0.2, 0.25) is 0 Å². The predicted molar refractivity (Wildman–Crippen MR) is 66.7 cm³/mol. The standard InChI is InChI=1S/C13H16N2O2/c1-3-4-5-6-8-14-13(17)11-7-9-15(2)12(16)10-11/h1,7,9-10H,4-6,8H2,2H3,(H,14,17). The molecule has 1 amide bonds. The van der Waals surface area contributed by atoms with Gasteiger partial charge in [-0.2, -0.15) is 0 Å². The van der Waals surface area contributed by atoms with Gasteiger partial charge < -0.3 is 9.88 Å². The van der Waals surface area contributed by atoms with Crippen LogP contribution in [0.2, 0.25) is 0 Å². The van der Waals surface area contributed by atoms with E-state index in [9.17, 15) is 9.59 Å². The molecule has 0 aliphatic heterocycles. The Bertz CT molecular complexity index is 483. The maximum atomic E-state index is 11.6. The second-order valence-corrected chi connectivity index (χ2v) is 3.78. The zero-order chi connectivity index (χ0) is 12.7. The van der Waals surface area contributed by atoms with E-state index in [2.05, 4.69) is 11.2 Å². The molecule has 1 rings (SSSR count). The Morgan fingerprint density at radius 2 is 2.29 bits per heavy atom. The van der Waals surface area contributed by atoms with Crippen LogP contribution in [0.15, 0.2) is 23.1 Å². The number of aryl methyl sites for hydroxylation is 1. The van der Waals surface area contributed by atoms with Gasteiger partial charge in [-0.05, 0) is 18.9 Å². The van der Waals surface area contributed by atoms with Crippen LogP contribution in [-0.4, -0.2) is 17.0 Å². The van der Waals surface area contributed by atoms with Gasteiger partial charge in [0.15, 0.2) is 0 Å². The van der Waals surface area contributed by atoms with E-state index in [1.807, 2.05) is 0 Å². The third kappa shape index (κ3) is 4.15. The lowest BCUT2D eigenvalue weighted by molar-refractivity contribution is 0.0952. The number of aromatic nitrogens is 1. The Balaban J connectivity index is 2.45. The van der Waals surface area contributed by atoms with Gasteiger partial charge in [0.05, 0.1) is 0 Å². The second kappa shape index (κ2) is 6.54. The molecule has 0 aromatic carbocycles. The maximum absolute atomic E-state index is 11.6. The maximum Gasteiger partial charge on any atom is 0.251 e. The molecule has 0 saturated carbocycles. The van der Waals surface area contributed by atoms with E-state index in [-0.39, 0.29) is 11.5 Å². The summed E-state index contributed by atoms with van der Waals surface area (Å²) in [5.41, 5.74) is 0.204. The molecule has 0 aliphatic carbocycles. The fourth-order valence-corrected chi connectivity index (χ4v) is 1.35. The Hall–Kier alpha value is -2.02. The van der Waals surface area contributed by atoms with Gasteiger partial charge in [-0.25, -0.2) is 0 Å². The van der Waals surface area contributed by atoms with Crippen molar-refractivity contribution in [3.05, 3.63) is 34.2 Å². The number of nitrogens with zero attached hydrogens (tertiary/aromatic N) is 1. The van der Waals surface area contributed by atoms with E-state index in [1.165, 1.54) is 10.6 Å². The van der Waals surface area contributed by atoms with Crippen molar-refractivity contribution in [3.8, 4) is 12.3 Å². The van der Waals surface area contributed by atoms with Crippen LogP contribution in [0.1, 0.15) is 29.6 Å².